The normalized spacial score (nSPS) is 10.4. The van der Waals surface area contributed by atoms with Crippen LogP contribution in [-0.2, 0) is 14.3 Å². The molecule has 1 aromatic heterocycles. The number of thiophene rings is 1. The number of hydrogen-bond acceptors (Lipinski definition) is 8. The Bertz CT molecular complexity index is 991. The number of alkyl carbamates (subject to hydrolysis) is 1. The fourth-order valence-corrected chi connectivity index (χ4v) is 4.71. The summed E-state index contributed by atoms with van der Waals surface area (Å²) >= 11 is 8.39. The van der Waals surface area contributed by atoms with Crippen molar-refractivity contribution in [2.24, 2.45) is 0 Å². The van der Waals surface area contributed by atoms with Gasteiger partial charge in [-0.15, -0.1) is 23.1 Å². The van der Waals surface area contributed by atoms with E-state index in [1.807, 2.05) is 17.4 Å². The summed E-state index contributed by atoms with van der Waals surface area (Å²) in [4.78, 5) is 49.9. The number of benzene rings is 1. The molecule has 11 heteroatoms. The zero-order valence-corrected chi connectivity index (χ0v) is 20.2. The molecule has 8 nitrogen and oxygen atoms in total. The fourth-order valence-electron chi connectivity index (χ4n) is 2.62. The van der Waals surface area contributed by atoms with Crippen molar-refractivity contribution in [2.75, 3.05) is 24.8 Å². The smallest absolute Gasteiger partial charge is 0.413 e. The summed E-state index contributed by atoms with van der Waals surface area (Å²) < 4.78 is 9.47. The van der Waals surface area contributed by atoms with Crippen molar-refractivity contribution in [3.63, 3.8) is 0 Å². The molecule has 0 fully saturated rings. The monoisotopic (exact) mass is 498 g/mol. The number of rotatable bonds is 9. The van der Waals surface area contributed by atoms with E-state index in [2.05, 4.69) is 10.1 Å². The number of thioether (sulfide) groups is 1. The molecule has 0 saturated carbocycles. The van der Waals surface area contributed by atoms with E-state index in [1.165, 1.54) is 0 Å². The molecular weight excluding hydrogens is 476 g/mol. The summed E-state index contributed by atoms with van der Waals surface area (Å²) in [7, 11) is 1.12. The van der Waals surface area contributed by atoms with Crippen LogP contribution in [0.4, 0.5) is 9.80 Å². The van der Waals surface area contributed by atoms with Gasteiger partial charge in [0, 0.05) is 16.3 Å². The van der Waals surface area contributed by atoms with Crippen LogP contribution in [0.25, 0.3) is 0 Å². The topological polar surface area (TPSA) is 111 Å². The lowest BCUT2D eigenvalue weighted by molar-refractivity contribution is -0.116. The predicted octanol–water partition coefficient (Wildman–Crippen LogP) is 4.89. The molecule has 0 aliphatic heterocycles. The van der Waals surface area contributed by atoms with Gasteiger partial charge in [0.05, 0.1) is 19.3 Å². The number of amides is 3. The van der Waals surface area contributed by atoms with Crippen molar-refractivity contribution >= 4 is 63.6 Å². The number of methoxy groups -OCH3 is 1. The maximum Gasteiger partial charge on any atom is 0.413 e. The minimum absolute atomic E-state index is 0.0207. The summed E-state index contributed by atoms with van der Waals surface area (Å²) in [5, 5.41) is 5.56. The second kappa shape index (κ2) is 12.5. The Hall–Kier alpha value is -2.56. The van der Waals surface area contributed by atoms with Crippen molar-refractivity contribution in [1.29, 1.82) is 0 Å². The van der Waals surface area contributed by atoms with Gasteiger partial charge in [-0.05, 0) is 55.9 Å². The highest BCUT2D eigenvalue weighted by molar-refractivity contribution is 7.99. The molecular formula is C21H23ClN2O6S2. The third-order valence-corrected chi connectivity index (χ3v) is 6.66. The molecule has 2 N–H and O–H groups in total. The number of carbonyl (C=O) groups excluding carboxylic acids is 4. The largest absolute Gasteiger partial charge is 0.462 e. The van der Waals surface area contributed by atoms with Gasteiger partial charge in [0.2, 0.25) is 5.91 Å². The number of esters is 1. The molecule has 0 saturated heterocycles. The first-order valence-corrected chi connectivity index (χ1v) is 11.8. The van der Waals surface area contributed by atoms with E-state index in [0.717, 1.165) is 23.3 Å². The number of halogens is 1. The highest BCUT2D eigenvalue weighted by Crippen LogP contribution is 2.34. The van der Waals surface area contributed by atoms with Crippen LogP contribution >= 0.6 is 34.7 Å². The van der Waals surface area contributed by atoms with Crippen molar-refractivity contribution in [1.82, 2.24) is 5.32 Å². The Morgan fingerprint density at radius 1 is 1.16 bits per heavy atom. The Balaban J connectivity index is 2.06. The molecule has 3 amide bonds. The first-order chi connectivity index (χ1) is 15.3. The summed E-state index contributed by atoms with van der Waals surface area (Å²) in [6.45, 7) is 3.37. The molecule has 0 radical (unpaired) electrons. The van der Waals surface area contributed by atoms with E-state index in [1.54, 1.807) is 37.7 Å². The second-order valence-corrected chi connectivity index (χ2v) is 9.01. The van der Waals surface area contributed by atoms with Crippen molar-refractivity contribution in [3.8, 4) is 0 Å². The average molecular weight is 499 g/mol. The zero-order chi connectivity index (χ0) is 23.7. The maximum absolute atomic E-state index is 12.6. The molecule has 32 heavy (non-hydrogen) atoms. The Morgan fingerprint density at radius 3 is 2.47 bits per heavy atom. The summed E-state index contributed by atoms with van der Waals surface area (Å²) in [5.41, 5.74) is 0.329. The summed E-state index contributed by atoms with van der Waals surface area (Å²) in [6.07, 6.45) is -0.141. The second-order valence-electron chi connectivity index (χ2n) is 6.38. The van der Waals surface area contributed by atoms with Crippen LogP contribution in [0, 0.1) is 6.92 Å². The van der Waals surface area contributed by atoms with E-state index in [0.29, 0.717) is 22.8 Å². The molecule has 0 unspecified atom stereocenters. The van der Waals surface area contributed by atoms with Crippen LogP contribution in [0.3, 0.4) is 0 Å². The van der Waals surface area contributed by atoms with Crippen LogP contribution in [0.15, 0.2) is 29.2 Å². The minimum atomic E-state index is -0.949. The van der Waals surface area contributed by atoms with Gasteiger partial charge in [0.25, 0.3) is 5.91 Å². The SMILES string of the molecule is CCOC(=O)c1sc(NC(=O)CCCSc2ccc(Cl)cc2)c(C(=O)NC(=O)OC)c1C. The first-order valence-electron chi connectivity index (χ1n) is 9.64. The van der Waals surface area contributed by atoms with Crippen molar-refractivity contribution < 1.29 is 28.7 Å². The Labute approximate surface area is 199 Å². The summed E-state index contributed by atoms with van der Waals surface area (Å²) in [5.74, 6) is -0.996. The molecule has 1 aromatic carbocycles. The number of anilines is 1. The molecule has 2 rings (SSSR count). The first kappa shape index (κ1) is 25.7. The summed E-state index contributed by atoms with van der Waals surface area (Å²) in [6, 6.07) is 7.42. The Morgan fingerprint density at radius 2 is 1.84 bits per heavy atom. The average Bonchev–Trinajstić information content (AvgIpc) is 3.08. The number of imide groups is 1. The fraction of sp³-hybridized carbons (Fsp3) is 0.333. The standard InChI is InChI=1S/C21H23ClN2O6S2/c1-4-30-20(27)17-12(2)16(18(26)24-21(28)29-3)19(32-17)23-15(25)6-5-11-31-14-9-7-13(22)8-10-14/h7-10H,4-6,11H2,1-3H3,(H,23,25)(H,24,26,28). The van der Waals surface area contributed by atoms with E-state index >= 15 is 0 Å². The van der Waals surface area contributed by atoms with Gasteiger partial charge in [-0.1, -0.05) is 11.6 Å². The van der Waals surface area contributed by atoms with E-state index in [4.69, 9.17) is 16.3 Å². The minimum Gasteiger partial charge on any atom is -0.462 e. The molecule has 0 aliphatic rings. The van der Waals surface area contributed by atoms with Crippen LogP contribution < -0.4 is 10.6 Å². The van der Waals surface area contributed by atoms with Crippen LogP contribution in [0.2, 0.25) is 5.02 Å². The van der Waals surface area contributed by atoms with Gasteiger partial charge in [-0.25, -0.2) is 9.59 Å². The molecule has 0 spiro atoms. The highest BCUT2D eigenvalue weighted by Gasteiger charge is 2.27. The van der Waals surface area contributed by atoms with E-state index < -0.39 is 18.0 Å². The van der Waals surface area contributed by atoms with E-state index in [-0.39, 0.29) is 34.4 Å². The third-order valence-electron chi connectivity index (χ3n) is 4.12. The van der Waals surface area contributed by atoms with Crippen molar-refractivity contribution in [3.05, 3.63) is 45.3 Å². The highest BCUT2D eigenvalue weighted by atomic mass is 35.5. The number of ether oxygens (including phenoxy) is 2. The zero-order valence-electron chi connectivity index (χ0n) is 17.8. The van der Waals surface area contributed by atoms with Crippen LogP contribution in [0.1, 0.15) is 45.4 Å². The van der Waals surface area contributed by atoms with Gasteiger partial charge >= 0.3 is 12.1 Å². The molecule has 2 aromatic rings. The van der Waals surface area contributed by atoms with Gasteiger partial charge in [0.1, 0.15) is 9.88 Å². The van der Waals surface area contributed by atoms with Gasteiger partial charge in [-0.3, -0.25) is 14.9 Å². The lowest BCUT2D eigenvalue weighted by Crippen LogP contribution is -2.31. The van der Waals surface area contributed by atoms with Crippen LogP contribution in [-0.4, -0.2) is 43.3 Å². The quantitative estimate of drug-likeness (QED) is 0.287. The number of nitrogens with one attached hydrogen (secondary N) is 2. The lowest BCUT2D eigenvalue weighted by atomic mass is 10.1. The van der Waals surface area contributed by atoms with E-state index in [9.17, 15) is 19.2 Å². The van der Waals surface area contributed by atoms with Crippen molar-refractivity contribution in [2.45, 2.75) is 31.6 Å². The third kappa shape index (κ3) is 7.25. The van der Waals surface area contributed by atoms with Gasteiger partial charge in [0.15, 0.2) is 0 Å². The molecule has 1 heterocycles. The van der Waals surface area contributed by atoms with Gasteiger partial charge in [-0.2, -0.15) is 0 Å². The number of carbonyl (C=O) groups is 4. The maximum atomic E-state index is 12.6. The predicted molar refractivity (Wildman–Crippen MR) is 125 cm³/mol. The van der Waals surface area contributed by atoms with Gasteiger partial charge < -0.3 is 14.8 Å². The molecule has 0 aliphatic carbocycles. The van der Waals surface area contributed by atoms with Crippen LogP contribution in [0.5, 0.6) is 0 Å². The molecule has 0 bridgehead atoms. The number of hydrogen-bond donors (Lipinski definition) is 2. The Kier molecular flexibility index (Phi) is 10.0. The molecule has 172 valence electrons. The molecule has 0 atom stereocenters. The lowest BCUT2D eigenvalue weighted by Gasteiger charge is -2.08.